The van der Waals surface area contributed by atoms with Crippen LogP contribution in [0, 0.1) is 5.82 Å². The maximum Gasteiger partial charge on any atom is 0.130 e. The molecule has 1 unspecified atom stereocenters. The molecule has 0 radical (unpaired) electrons. The van der Waals surface area contributed by atoms with Crippen LogP contribution >= 0.6 is 11.6 Å². The van der Waals surface area contributed by atoms with Crippen molar-refractivity contribution in [3.05, 3.63) is 70.0 Å². The van der Waals surface area contributed by atoms with Crippen molar-refractivity contribution in [2.75, 3.05) is 13.7 Å². The Morgan fingerprint density at radius 1 is 1.20 bits per heavy atom. The standard InChI is InChI=1S/C16H16ClFO2/c1-20-10-9-11-5-7-12(8-6-11)16(19)15-13(17)3-2-4-14(15)18/h2-8,16,19H,9-10H2,1H3. The highest BCUT2D eigenvalue weighted by atomic mass is 35.5. The molecule has 1 atom stereocenters. The lowest BCUT2D eigenvalue weighted by molar-refractivity contribution is 0.202. The molecule has 4 heteroatoms. The predicted molar refractivity (Wildman–Crippen MR) is 77.5 cm³/mol. The lowest BCUT2D eigenvalue weighted by Gasteiger charge is -2.14. The van der Waals surface area contributed by atoms with E-state index in [2.05, 4.69) is 0 Å². The molecular formula is C16H16ClFO2. The summed E-state index contributed by atoms with van der Waals surface area (Å²) in [6, 6.07) is 11.7. The Kier molecular flexibility index (Phi) is 5.12. The Morgan fingerprint density at radius 3 is 2.50 bits per heavy atom. The molecule has 0 spiro atoms. The minimum atomic E-state index is -1.07. The summed E-state index contributed by atoms with van der Waals surface area (Å²) >= 11 is 5.96. The van der Waals surface area contributed by atoms with Gasteiger partial charge in [0.25, 0.3) is 0 Å². The minimum Gasteiger partial charge on any atom is -0.384 e. The molecule has 2 rings (SSSR count). The van der Waals surface area contributed by atoms with Gasteiger partial charge in [-0.15, -0.1) is 0 Å². The van der Waals surface area contributed by atoms with Gasteiger partial charge in [0, 0.05) is 17.7 Å². The second-order valence-corrected chi connectivity index (χ2v) is 4.93. The monoisotopic (exact) mass is 294 g/mol. The SMILES string of the molecule is COCCc1ccc(C(O)c2c(F)cccc2Cl)cc1. The Morgan fingerprint density at radius 2 is 1.90 bits per heavy atom. The molecule has 1 N–H and O–H groups in total. The Balaban J connectivity index is 2.23. The van der Waals surface area contributed by atoms with Crippen molar-refractivity contribution in [2.24, 2.45) is 0 Å². The van der Waals surface area contributed by atoms with E-state index in [0.29, 0.717) is 12.2 Å². The first kappa shape index (κ1) is 15.0. The van der Waals surface area contributed by atoms with Gasteiger partial charge in [-0.25, -0.2) is 4.39 Å². The summed E-state index contributed by atoms with van der Waals surface area (Å²) in [4.78, 5) is 0. The number of hydrogen-bond donors (Lipinski definition) is 1. The van der Waals surface area contributed by atoms with Crippen molar-refractivity contribution in [1.82, 2.24) is 0 Å². The van der Waals surface area contributed by atoms with Crippen LogP contribution < -0.4 is 0 Å². The van der Waals surface area contributed by atoms with Gasteiger partial charge in [-0.3, -0.25) is 0 Å². The van der Waals surface area contributed by atoms with Crippen molar-refractivity contribution < 1.29 is 14.2 Å². The van der Waals surface area contributed by atoms with Crippen LogP contribution in [0.25, 0.3) is 0 Å². The molecule has 0 heterocycles. The number of benzene rings is 2. The normalized spacial score (nSPS) is 12.4. The van der Waals surface area contributed by atoms with Crippen LogP contribution in [-0.4, -0.2) is 18.8 Å². The number of ether oxygens (including phenoxy) is 1. The summed E-state index contributed by atoms with van der Waals surface area (Å²) in [6.45, 7) is 0.640. The minimum absolute atomic E-state index is 0.110. The fourth-order valence-electron chi connectivity index (χ4n) is 2.03. The Bertz CT molecular complexity index is 549. The van der Waals surface area contributed by atoms with Crippen LogP contribution in [0.5, 0.6) is 0 Å². The van der Waals surface area contributed by atoms with Gasteiger partial charge in [0.15, 0.2) is 0 Å². The van der Waals surface area contributed by atoms with Gasteiger partial charge in [-0.1, -0.05) is 41.9 Å². The number of aliphatic hydroxyl groups is 1. The molecule has 0 aromatic heterocycles. The molecule has 0 aliphatic carbocycles. The van der Waals surface area contributed by atoms with Crippen LogP contribution in [0.1, 0.15) is 22.8 Å². The van der Waals surface area contributed by atoms with Crippen LogP contribution in [0.3, 0.4) is 0 Å². The van der Waals surface area contributed by atoms with Crippen molar-refractivity contribution in [3.8, 4) is 0 Å². The van der Waals surface area contributed by atoms with Crippen molar-refractivity contribution in [2.45, 2.75) is 12.5 Å². The molecule has 2 aromatic rings. The fraction of sp³-hybridized carbons (Fsp3) is 0.250. The number of hydrogen-bond acceptors (Lipinski definition) is 2. The summed E-state index contributed by atoms with van der Waals surface area (Å²) in [6.07, 6.45) is -0.270. The first-order valence-corrected chi connectivity index (χ1v) is 6.71. The van der Waals surface area contributed by atoms with E-state index in [1.807, 2.05) is 12.1 Å². The molecule has 0 aliphatic heterocycles. The molecule has 0 bridgehead atoms. The molecule has 0 fully saturated rings. The molecule has 0 saturated carbocycles. The molecule has 2 nitrogen and oxygen atoms in total. The second kappa shape index (κ2) is 6.84. The van der Waals surface area contributed by atoms with Crippen LogP contribution in [-0.2, 0) is 11.2 Å². The number of rotatable bonds is 5. The molecule has 2 aromatic carbocycles. The van der Waals surface area contributed by atoms with E-state index in [9.17, 15) is 9.50 Å². The zero-order chi connectivity index (χ0) is 14.5. The second-order valence-electron chi connectivity index (χ2n) is 4.52. The highest BCUT2D eigenvalue weighted by molar-refractivity contribution is 6.31. The van der Waals surface area contributed by atoms with Crippen molar-refractivity contribution in [3.63, 3.8) is 0 Å². The molecule has 0 saturated heterocycles. The summed E-state index contributed by atoms with van der Waals surface area (Å²) in [7, 11) is 1.65. The first-order chi connectivity index (χ1) is 9.63. The van der Waals surface area contributed by atoms with E-state index in [1.165, 1.54) is 12.1 Å². The highest BCUT2D eigenvalue weighted by Gasteiger charge is 2.18. The van der Waals surface area contributed by atoms with E-state index in [0.717, 1.165) is 12.0 Å². The summed E-state index contributed by atoms with van der Waals surface area (Å²) in [5.74, 6) is -0.506. The lowest BCUT2D eigenvalue weighted by atomic mass is 9.99. The largest absolute Gasteiger partial charge is 0.384 e. The molecule has 20 heavy (non-hydrogen) atoms. The third kappa shape index (κ3) is 3.37. The number of aliphatic hydroxyl groups excluding tert-OH is 1. The zero-order valence-corrected chi connectivity index (χ0v) is 11.9. The topological polar surface area (TPSA) is 29.5 Å². The molecule has 0 aliphatic rings. The summed E-state index contributed by atoms with van der Waals surface area (Å²) in [5, 5.41) is 10.5. The third-order valence-electron chi connectivity index (χ3n) is 3.16. The first-order valence-electron chi connectivity index (χ1n) is 6.33. The Labute approximate surface area is 122 Å². The van der Waals surface area contributed by atoms with Gasteiger partial charge in [-0.2, -0.15) is 0 Å². The molecule has 0 amide bonds. The average Bonchev–Trinajstić information content (AvgIpc) is 2.45. The quantitative estimate of drug-likeness (QED) is 0.910. The number of halogens is 2. The van der Waals surface area contributed by atoms with E-state index in [-0.39, 0.29) is 10.6 Å². The summed E-state index contributed by atoms with van der Waals surface area (Å²) in [5.41, 5.74) is 1.82. The van der Waals surface area contributed by atoms with Gasteiger partial charge >= 0.3 is 0 Å². The predicted octanol–water partition coefficient (Wildman–Crippen LogP) is 3.75. The lowest BCUT2D eigenvalue weighted by Crippen LogP contribution is -2.04. The van der Waals surface area contributed by atoms with Crippen molar-refractivity contribution in [1.29, 1.82) is 0 Å². The summed E-state index contributed by atoms with van der Waals surface area (Å²) < 4.78 is 18.8. The van der Waals surface area contributed by atoms with Gasteiger partial charge in [0.2, 0.25) is 0 Å². The maximum atomic E-state index is 13.8. The average molecular weight is 295 g/mol. The van der Waals surface area contributed by atoms with Crippen molar-refractivity contribution >= 4 is 11.6 Å². The van der Waals surface area contributed by atoms with Crippen LogP contribution in [0.15, 0.2) is 42.5 Å². The smallest absolute Gasteiger partial charge is 0.130 e. The third-order valence-corrected chi connectivity index (χ3v) is 3.49. The van der Waals surface area contributed by atoms with Gasteiger partial charge < -0.3 is 9.84 Å². The Hall–Kier alpha value is -1.42. The number of methoxy groups -OCH3 is 1. The highest BCUT2D eigenvalue weighted by Crippen LogP contribution is 2.30. The molecule has 106 valence electrons. The molecular weight excluding hydrogens is 279 g/mol. The van der Waals surface area contributed by atoms with Gasteiger partial charge in [-0.05, 0) is 29.7 Å². The van der Waals surface area contributed by atoms with Crippen LogP contribution in [0.4, 0.5) is 4.39 Å². The van der Waals surface area contributed by atoms with E-state index in [4.69, 9.17) is 16.3 Å². The van der Waals surface area contributed by atoms with Gasteiger partial charge in [0.05, 0.1) is 6.61 Å². The maximum absolute atomic E-state index is 13.8. The van der Waals surface area contributed by atoms with E-state index < -0.39 is 11.9 Å². The fourth-order valence-corrected chi connectivity index (χ4v) is 2.29. The van der Waals surface area contributed by atoms with Crippen LogP contribution in [0.2, 0.25) is 5.02 Å². The zero-order valence-electron chi connectivity index (χ0n) is 11.1. The van der Waals surface area contributed by atoms with Gasteiger partial charge in [0.1, 0.15) is 11.9 Å². The van der Waals surface area contributed by atoms with E-state index in [1.54, 1.807) is 25.3 Å². The van der Waals surface area contributed by atoms with E-state index >= 15 is 0 Å².